The first-order chi connectivity index (χ1) is 11.1. The van der Waals surface area contributed by atoms with E-state index in [1.807, 2.05) is 0 Å². The molecule has 0 aromatic carbocycles. The molecule has 1 aliphatic heterocycles. The molecule has 0 amide bonds. The minimum absolute atomic E-state index is 0.00906. The summed E-state index contributed by atoms with van der Waals surface area (Å²) in [6.07, 6.45) is 2.81. The molecule has 6 nitrogen and oxygen atoms in total. The van der Waals surface area contributed by atoms with E-state index in [0.717, 1.165) is 51.5 Å². The van der Waals surface area contributed by atoms with E-state index in [4.69, 9.17) is 9.47 Å². The largest absolute Gasteiger partial charge is 0.396 e. The molecule has 23 heavy (non-hydrogen) atoms. The summed E-state index contributed by atoms with van der Waals surface area (Å²) in [5.41, 5.74) is -0.00906. The van der Waals surface area contributed by atoms with Gasteiger partial charge >= 0.3 is 0 Å². The van der Waals surface area contributed by atoms with Crippen LogP contribution in [0.4, 0.5) is 0 Å². The van der Waals surface area contributed by atoms with Crippen molar-refractivity contribution in [1.29, 1.82) is 0 Å². The Balaban J connectivity index is 2.34. The first kappa shape index (κ1) is 20.2. The van der Waals surface area contributed by atoms with Crippen molar-refractivity contribution in [2.24, 2.45) is 16.3 Å². The number of hydrogen-bond acceptors (Lipinski definition) is 4. The highest BCUT2D eigenvalue weighted by Crippen LogP contribution is 2.32. The Hall–Kier alpha value is -0.850. The van der Waals surface area contributed by atoms with Crippen molar-refractivity contribution in [3.05, 3.63) is 0 Å². The number of ether oxygens (including phenoxy) is 2. The van der Waals surface area contributed by atoms with Crippen LogP contribution in [0.5, 0.6) is 0 Å². The first-order valence-corrected chi connectivity index (χ1v) is 8.90. The molecule has 0 radical (unpaired) electrons. The molecule has 0 saturated carbocycles. The van der Waals surface area contributed by atoms with Crippen LogP contribution in [0.2, 0.25) is 0 Å². The van der Waals surface area contributed by atoms with Crippen molar-refractivity contribution >= 4 is 5.96 Å². The maximum absolute atomic E-state index is 9.27. The van der Waals surface area contributed by atoms with Crippen LogP contribution in [-0.2, 0) is 9.47 Å². The third-order valence-corrected chi connectivity index (χ3v) is 4.12. The van der Waals surface area contributed by atoms with Gasteiger partial charge in [-0.05, 0) is 32.1 Å². The fourth-order valence-electron chi connectivity index (χ4n) is 2.54. The normalized spacial score (nSPS) is 21.9. The SMILES string of the molecule is CCNC(=NCC1(CCO)CCOC1)NCCOCCC(C)C. The lowest BCUT2D eigenvalue weighted by atomic mass is 9.84. The van der Waals surface area contributed by atoms with E-state index in [9.17, 15) is 5.11 Å². The molecule has 1 atom stereocenters. The number of aliphatic imine (C=N–C) groups is 1. The van der Waals surface area contributed by atoms with Gasteiger partial charge < -0.3 is 25.2 Å². The Kier molecular flexibility index (Phi) is 10.2. The van der Waals surface area contributed by atoms with Crippen LogP contribution in [0.3, 0.4) is 0 Å². The number of guanidine groups is 1. The van der Waals surface area contributed by atoms with E-state index in [-0.39, 0.29) is 12.0 Å². The average molecular weight is 329 g/mol. The zero-order valence-electron chi connectivity index (χ0n) is 15.1. The van der Waals surface area contributed by atoms with Crippen LogP contribution < -0.4 is 10.6 Å². The van der Waals surface area contributed by atoms with Crippen molar-refractivity contribution in [1.82, 2.24) is 10.6 Å². The molecule has 1 unspecified atom stereocenters. The van der Waals surface area contributed by atoms with Gasteiger partial charge in [0.1, 0.15) is 0 Å². The summed E-state index contributed by atoms with van der Waals surface area (Å²) in [7, 11) is 0. The topological polar surface area (TPSA) is 75.1 Å². The number of aliphatic hydroxyl groups is 1. The third kappa shape index (κ3) is 8.53. The second-order valence-corrected chi connectivity index (χ2v) is 6.69. The van der Waals surface area contributed by atoms with Gasteiger partial charge in [-0.3, -0.25) is 4.99 Å². The maximum atomic E-state index is 9.27. The fraction of sp³-hybridized carbons (Fsp3) is 0.941. The van der Waals surface area contributed by atoms with Crippen molar-refractivity contribution in [3.8, 4) is 0 Å². The smallest absolute Gasteiger partial charge is 0.191 e. The molecular formula is C17H35N3O3. The second-order valence-electron chi connectivity index (χ2n) is 6.69. The highest BCUT2D eigenvalue weighted by molar-refractivity contribution is 5.79. The average Bonchev–Trinajstić information content (AvgIpc) is 2.97. The van der Waals surface area contributed by atoms with Gasteiger partial charge in [-0.1, -0.05) is 13.8 Å². The van der Waals surface area contributed by atoms with Gasteiger partial charge in [0.25, 0.3) is 0 Å². The molecule has 3 N–H and O–H groups in total. The Morgan fingerprint density at radius 1 is 1.35 bits per heavy atom. The molecule has 1 rings (SSSR count). The Morgan fingerprint density at radius 2 is 2.17 bits per heavy atom. The van der Waals surface area contributed by atoms with Gasteiger partial charge in [0.15, 0.2) is 5.96 Å². The molecule has 0 aromatic rings. The molecule has 6 heteroatoms. The fourth-order valence-corrected chi connectivity index (χ4v) is 2.54. The molecule has 1 fully saturated rings. The summed E-state index contributed by atoms with van der Waals surface area (Å²) < 4.78 is 11.1. The molecular weight excluding hydrogens is 294 g/mol. The summed E-state index contributed by atoms with van der Waals surface area (Å²) in [4.78, 5) is 4.68. The molecule has 136 valence electrons. The highest BCUT2D eigenvalue weighted by Gasteiger charge is 2.34. The van der Waals surface area contributed by atoms with E-state index in [1.54, 1.807) is 0 Å². The van der Waals surface area contributed by atoms with E-state index < -0.39 is 0 Å². The van der Waals surface area contributed by atoms with Crippen LogP contribution >= 0.6 is 0 Å². The molecule has 1 saturated heterocycles. The highest BCUT2D eigenvalue weighted by atomic mass is 16.5. The third-order valence-electron chi connectivity index (χ3n) is 4.12. The van der Waals surface area contributed by atoms with Gasteiger partial charge in [-0.25, -0.2) is 0 Å². The van der Waals surface area contributed by atoms with E-state index in [1.165, 1.54) is 0 Å². The van der Waals surface area contributed by atoms with Gasteiger partial charge in [0, 0.05) is 38.3 Å². The monoisotopic (exact) mass is 329 g/mol. The standard InChI is InChI=1S/C17H35N3O3/c1-4-18-16(19-8-12-22-10-5-15(2)3)20-13-17(6-9-21)7-11-23-14-17/h15,21H,4-14H2,1-3H3,(H2,18,19,20). The van der Waals surface area contributed by atoms with Crippen LogP contribution in [-0.4, -0.2) is 63.7 Å². The predicted molar refractivity (Wildman–Crippen MR) is 93.8 cm³/mol. The van der Waals surface area contributed by atoms with Crippen LogP contribution in [0, 0.1) is 11.3 Å². The molecule has 0 bridgehead atoms. The van der Waals surface area contributed by atoms with Gasteiger partial charge in [0.2, 0.25) is 0 Å². The summed E-state index contributed by atoms with van der Waals surface area (Å²) in [5.74, 6) is 1.49. The Labute approximate surface area is 141 Å². The van der Waals surface area contributed by atoms with Crippen molar-refractivity contribution in [3.63, 3.8) is 0 Å². The van der Waals surface area contributed by atoms with Gasteiger partial charge in [-0.2, -0.15) is 0 Å². The summed E-state index contributed by atoms with van der Waals surface area (Å²) in [5, 5.41) is 15.8. The van der Waals surface area contributed by atoms with Gasteiger partial charge in [-0.15, -0.1) is 0 Å². The summed E-state index contributed by atoms with van der Waals surface area (Å²) >= 11 is 0. The summed E-state index contributed by atoms with van der Waals surface area (Å²) in [6, 6.07) is 0. The van der Waals surface area contributed by atoms with E-state index in [0.29, 0.717) is 25.7 Å². The van der Waals surface area contributed by atoms with E-state index in [2.05, 4.69) is 36.4 Å². The minimum Gasteiger partial charge on any atom is -0.396 e. The van der Waals surface area contributed by atoms with Crippen LogP contribution in [0.15, 0.2) is 4.99 Å². The zero-order valence-corrected chi connectivity index (χ0v) is 15.1. The van der Waals surface area contributed by atoms with Crippen molar-refractivity contribution in [2.75, 3.05) is 52.7 Å². The minimum atomic E-state index is -0.00906. The van der Waals surface area contributed by atoms with Crippen molar-refractivity contribution < 1.29 is 14.6 Å². The molecule has 0 aromatic heterocycles. The number of nitrogens with one attached hydrogen (secondary N) is 2. The summed E-state index contributed by atoms with van der Waals surface area (Å²) in [6.45, 7) is 11.8. The lowest BCUT2D eigenvalue weighted by Crippen LogP contribution is -2.40. The number of hydrogen-bond donors (Lipinski definition) is 3. The van der Waals surface area contributed by atoms with Crippen LogP contribution in [0.25, 0.3) is 0 Å². The van der Waals surface area contributed by atoms with Gasteiger partial charge in [0.05, 0.1) is 19.8 Å². The Bertz CT molecular complexity index is 329. The predicted octanol–water partition coefficient (Wildman–Crippen LogP) is 1.39. The maximum Gasteiger partial charge on any atom is 0.191 e. The quantitative estimate of drug-likeness (QED) is 0.303. The first-order valence-electron chi connectivity index (χ1n) is 8.90. The molecule has 0 spiro atoms. The number of aliphatic hydroxyl groups excluding tert-OH is 1. The number of rotatable bonds is 11. The molecule has 0 aliphatic carbocycles. The van der Waals surface area contributed by atoms with Crippen molar-refractivity contribution in [2.45, 2.75) is 40.0 Å². The van der Waals surface area contributed by atoms with E-state index >= 15 is 0 Å². The second kappa shape index (κ2) is 11.6. The molecule has 1 aliphatic rings. The lowest BCUT2D eigenvalue weighted by Gasteiger charge is -2.24. The number of nitrogens with zero attached hydrogens (tertiary/aromatic N) is 1. The van der Waals surface area contributed by atoms with Crippen LogP contribution in [0.1, 0.15) is 40.0 Å². The zero-order chi connectivity index (χ0) is 17.0. The molecule has 1 heterocycles. The lowest BCUT2D eigenvalue weighted by molar-refractivity contribution is 0.127. The Morgan fingerprint density at radius 3 is 2.78 bits per heavy atom.